The molecule has 9 nitrogen and oxygen atoms in total. The van der Waals surface area contributed by atoms with Crippen molar-refractivity contribution in [2.45, 2.75) is 0 Å². The fraction of sp³-hybridized carbons (Fsp3) is 0. The molecule has 0 aliphatic heterocycles. The minimum atomic E-state index is -0.917. The molecule has 2 heterocycles. The van der Waals surface area contributed by atoms with Gasteiger partial charge in [0.1, 0.15) is 11.5 Å². The number of H-pyrrole nitrogens is 1. The van der Waals surface area contributed by atoms with Gasteiger partial charge in [-0.15, -0.1) is 10.2 Å². The first-order valence-corrected chi connectivity index (χ1v) is 7.24. The summed E-state index contributed by atoms with van der Waals surface area (Å²) in [4.78, 5) is 27.1. The number of nitrogens with zero attached hydrogens (tertiary/aromatic N) is 4. The number of nitrogens with one attached hydrogen (secondary N) is 2. The average molecular weight is 334 g/mol. The van der Waals surface area contributed by atoms with Crippen LogP contribution < -0.4 is 16.2 Å². The number of benzene rings is 1. The molecule has 25 heavy (non-hydrogen) atoms. The first kappa shape index (κ1) is 14.7. The van der Waals surface area contributed by atoms with Gasteiger partial charge in [-0.05, 0) is 17.3 Å². The van der Waals surface area contributed by atoms with Crippen molar-refractivity contribution in [3.8, 4) is 28.4 Å². The Bertz CT molecular complexity index is 1120. The molecule has 0 radical (unpaired) electrons. The van der Waals surface area contributed by atoms with Crippen molar-refractivity contribution in [3.05, 3.63) is 62.9 Å². The number of hydrogen-bond acceptors (Lipinski definition) is 8. The van der Waals surface area contributed by atoms with E-state index in [9.17, 15) is 14.7 Å². The number of pyridine rings is 1. The summed E-state index contributed by atoms with van der Waals surface area (Å²) in [6, 6.07) is 12.7. The van der Waals surface area contributed by atoms with Gasteiger partial charge >= 0.3 is 0 Å². The number of aromatic amines is 1. The molecule has 4 aromatic rings. The molecule has 0 amide bonds. The van der Waals surface area contributed by atoms with Crippen LogP contribution in [0.1, 0.15) is 0 Å². The van der Waals surface area contributed by atoms with Gasteiger partial charge in [0.15, 0.2) is 5.75 Å². The maximum absolute atomic E-state index is 11.5. The molecular weight excluding hydrogens is 324 g/mol. The van der Waals surface area contributed by atoms with E-state index in [2.05, 4.69) is 30.9 Å². The monoisotopic (exact) mass is 334 g/mol. The molecule has 9 heteroatoms. The second-order valence-corrected chi connectivity index (χ2v) is 5.23. The van der Waals surface area contributed by atoms with Gasteiger partial charge in [0.2, 0.25) is 5.82 Å². The molecule has 0 fully saturated rings. The second-order valence-electron chi connectivity index (χ2n) is 5.23. The van der Waals surface area contributed by atoms with Crippen molar-refractivity contribution >= 4 is 11.5 Å². The molecule has 0 saturated heterocycles. The molecule has 4 rings (SSSR count). The normalized spacial score (nSPS) is 10.9. The minimum absolute atomic E-state index is 0.179. The Hall–Kier alpha value is -3.88. The van der Waals surface area contributed by atoms with Gasteiger partial charge in [0, 0.05) is 11.1 Å². The maximum Gasteiger partial charge on any atom is 0.271 e. The van der Waals surface area contributed by atoms with E-state index in [-0.39, 0.29) is 11.5 Å². The second kappa shape index (κ2) is 5.64. The van der Waals surface area contributed by atoms with E-state index in [1.54, 1.807) is 12.1 Å². The Morgan fingerprint density at radius 1 is 1.00 bits per heavy atom. The van der Waals surface area contributed by atoms with E-state index in [1.165, 1.54) is 0 Å². The number of hydrogen-bond donors (Lipinski definition) is 3. The molecule has 2 aromatic carbocycles. The quantitative estimate of drug-likeness (QED) is 0.470. The van der Waals surface area contributed by atoms with Crippen LogP contribution in [0.3, 0.4) is 0 Å². The molecule has 0 atom stereocenters. The summed E-state index contributed by atoms with van der Waals surface area (Å²) in [5.74, 6) is 0.0124. The van der Waals surface area contributed by atoms with Crippen LogP contribution in [-0.4, -0.2) is 30.7 Å². The lowest BCUT2D eigenvalue weighted by molar-refractivity contribution is 0.466. The van der Waals surface area contributed by atoms with E-state index in [1.807, 2.05) is 30.3 Å². The summed E-state index contributed by atoms with van der Waals surface area (Å²) in [7, 11) is 0. The minimum Gasteiger partial charge on any atom is -0.502 e. The summed E-state index contributed by atoms with van der Waals surface area (Å²) in [5, 5.41) is 26.0. The number of aromatic hydroxyl groups is 1. The largest absolute Gasteiger partial charge is 0.502 e. The average Bonchev–Trinajstić information content (AvgIpc) is 3.20. The standard InChI is InChI=1S/C16H10N6O3/c23-13-12(14(24)15(13)25)18-11-7-9(16-19-21-22-20-16)6-10(17-11)8-4-2-1-3-5-8/h1-7,23H,(H,17,18)(H,19,20,21,22). The summed E-state index contributed by atoms with van der Waals surface area (Å²) >= 11 is 0. The van der Waals surface area contributed by atoms with Gasteiger partial charge in [0.25, 0.3) is 10.9 Å². The van der Waals surface area contributed by atoms with Crippen molar-refractivity contribution in [1.29, 1.82) is 0 Å². The van der Waals surface area contributed by atoms with Gasteiger partial charge in [0.05, 0.1) is 5.69 Å². The fourth-order valence-corrected chi connectivity index (χ4v) is 2.39. The maximum atomic E-state index is 11.5. The SMILES string of the molecule is O=c1c(O)c(Nc2cc(-c3nn[nH]n3)cc(-c3ccccc3)n2)c1=O. The lowest BCUT2D eigenvalue weighted by atomic mass is 10.1. The number of tetrazole rings is 1. The predicted molar refractivity (Wildman–Crippen MR) is 89.1 cm³/mol. The van der Waals surface area contributed by atoms with Gasteiger partial charge in [-0.1, -0.05) is 30.3 Å². The van der Waals surface area contributed by atoms with E-state index >= 15 is 0 Å². The fourth-order valence-electron chi connectivity index (χ4n) is 2.39. The molecule has 0 bridgehead atoms. The van der Waals surface area contributed by atoms with Crippen LogP contribution in [0.2, 0.25) is 0 Å². The highest BCUT2D eigenvalue weighted by molar-refractivity contribution is 5.74. The molecule has 122 valence electrons. The van der Waals surface area contributed by atoms with Crippen LogP contribution in [0.4, 0.5) is 11.5 Å². The highest BCUT2D eigenvalue weighted by atomic mass is 16.3. The van der Waals surface area contributed by atoms with E-state index in [0.717, 1.165) is 5.56 Å². The molecular formula is C16H10N6O3. The third-order valence-electron chi connectivity index (χ3n) is 3.64. The molecule has 0 aliphatic carbocycles. The van der Waals surface area contributed by atoms with E-state index in [4.69, 9.17) is 0 Å². The van der Waals surface area contributed by atoms with E-state index < -0.39 is 16.6 Å². The topological polar surface area (TPSA) is 134 Å². The highest BCUT2D eigenvalue weighted by Gasteiger charge is 2.21. The lowest BCUT2D eigenvalue weighted by Crippen LogP contribution is -2.32. The Morgan fingerprint density at radius 2 is 1.80 bits per heavy atom. The van der Waals surface area contributed by atoms with Crippen molar-refractivity contribution in [2.24, 2.45) is 0 Å². The number of rotatable bonds is 4. The molecule has 3 N–H and O–H groups in total. The third-order valence-corrected chi connectivity index (χ3v) is 3.64. The first-order valence-electron chi connectivity index (χ1n) is 7.24. The molecule has 0 spiro atoms. The Balaban J connectivity index is 1.82. The summed E-state index contributed by atoms with van der Waals surface area (Å²) in [5.41, 5.74) is 0.157. The van der Waals surface area contributed by atoms with Gasteiger partial charge in [-0.3, -0.25) is 9.59 Å². The molecule has 2 aromatic heterocycles. The van der Waals surface area contributed by atoms with Gasteiger partial charge < -0.3 is 10.4 Å². The Labute approximate surface area is 139 Å². The van der Waals surface area contributed by atoms with Crippen LogP contribution in [0.15, 0.2) is 52.1 Å². The smallest absolute Gasteiger partial charge is 0.271 e. The third kappa shape index (κ3) is 2.53. The lowest BCUT2D eigenvalue weighted by Gasteiger charge is -2.11. The van der Waals surface area contributed by atoms with Gasteiger partial charge in [-0.2, -0.15) is 5.21 Å². The zero-order chi connectivity index (χ0) is 17.4. The van der Waals surface area contributed by atoms with Crippen LogP contribution in [0.25, 0.3) is 22.6 Å². The van der Waals surface area contributed by atoms with Gasteiger partial charge in [-0.25, -0.2) is 4.98 Å². The van der Waals surface area contributed by atoms with Crippen molar-refractivity contribution in [3.63, 3.8) is 0 Å². The van der Waals surface area contributed by atoms with Crippen molar-refractivity contribution < 1.29 is 5.11 Å². The Kier molecular flexibility index (Phi) is 3.31. The Morgan fingerprint density at radius 3 is 2.48 bits per heavy atom. The van der Waals surface area contributed by atoms with E-state index in [0.29, 0.717) is 17.1 Å². The number of anilines is 2. The summed E-state index contributed by atoms with van der Waals surface area (Å²) in [6.07, 6.45) is 0. The zero-order valence-corrected chi connectivity index (χ0v) is 12.6. The van der Waals surface area contributed by atoms with Crippen molar-refractivity contribution in [2.75, 3.05) is 5.32 Å². The zero-order valence-electron chi connectivity index (χ0n) is 12.6. The molecule has 0 unspecified atom stereocenters. The predicted octanol–water partition coefficient (Wildman–Crippen LogP) is 0.974. The molecule has 0 aliphatic rings. The molecule has 0 saturated carbocycles. The summed E-state index contributed by atoms with van der Waals surface area (Å²) < 4.78 is 0. The first-order chi connectivity index (χ1) is 12.1. The van der Waals surface area contributed by atoms with Crippen LogP contribution in [0, 0.1) is 0 Å². The van der Waals surface area contributed by atoms with Crippen molar-refractivity contribution in [1.82, 2.24) is 25.6 Å². The number of aromatic nitrogens is 5. The van der Waals surface area contributed by atoms with Crippen LogP contribution in [0.5, 0.6) is 5.75 Å². The highest BCUT2D eigenvalue weighted by Crippen LogP contribution is 2.28. The summed E-state index contributed by atoms with van der Waals surface area (Å²) in [6.45, 7) is 0. The van der Waals surface area contributed by atoms with Crippen LogP contribution >= 0.6 is 0 Å². The van der Waals surface area contributed by atoms with Crippen LogP contribution in [-0.2, 0) is 0 Å².